The molecule has 1 saturated heterocycles. The summed E-state index contributed by atoms with van der Waals surface area (Å²) in [5.74, 6) is 0.334. The summed E-state index contributed by atoms with van der Waals surface area (Å²) in [6.07, 6.45) is -4.49. The zero-order valence-corrected chi connectivity index (χ0v) is 17.5. The maximum absolute atomic E-state index is 13.2. The van der Waals surface area contributed by atoms with Gasteiger partial charge in [-0.05, 0) is 49.4 Å². The van der Waals surface area contributed by atoms with Gasteiger partial charge in [0.2, 0.25) is 5.91 Å². The van der Waals surface area contributed by atoms with Gasteiger partial charge in [-0.1, -0.05) is 0 Å². The van der Waals surface area contributed by atoms with Crippen molar-refractivity contribution in [2.75, 3.05) is 43.6 Å². The molecule has 3 rings (SSSR count). The molecule has 0 aromatic heterocycles. The van der Waals surface area contributed by atoms with E-state index < -0.39 is 17.0 Å². The standard InChI is InChI=1S/C21H23F3N2O3S/c1-14(30-17-6-4-16(28-2)5-7-17)20(27)25-18-13-15(21(22,23)24)3-8-19(18)26-9-11-29-12-10-26/h3-8,13-14H,9-12H2,1-2H3,(H,25,27)/t14-/m1/s1. The van der Waals surface area contributed by atoms with Crippen molar-refractivity contribution in [2.45, 2.75) is 23.2 Å². The number of morpholine rings is 1. The number of methoxy groups -OCH3 is 1. The lowest BCUT2D eigenvalue weighted by molar-refractivity contribution is -0.137. The van der Waals surface area contributed by atoms with E-state index in [2.05, 4.69) is 5.32 Å². The second-order valence-corrected chi connectivity index (χ2v) is 8.17. The summed E-state index contributed by atoms with van der Waals surface area (Å²) in [6.45, 7) is 3.78. The van der Waals surface area contributed by atoms with Gasteiger partial charge in [-0.3, -0.25) is 4.79 Å². The van der Waals surface area contributed by atoms with Gasteiger partial charge in [0.25, 0.3) is 0 Å². The Kier molecular flexibility index (Phi) is 7.14. The molecule has 30 heavy (non-hydrogen) atoms. The number of hydrogen-bond donors (Lipinski definition) is 1. The monoisotopic (exact) mass is 440 g/mol. The van der Waals surface area contributed by atoms with Crippen LogP contribution in [0.3, 0.4) is 0 Å². The normalized spacial score (nSPS) is 15.6. The lowest BCUT2D eigenvalue weighted by Gasteiger charge is -2.31. The van der Waals surface area contributed by atoms with E-state index in [9.17, 15) is 18.0 Å². The lowest BCUT2D eigenvalue weighted by Crippen LogP contribution is -2.37. The predicted molar refractivity (Wildman–Crippen MR) is 111 cm³/mol. The van der Waals surface area contributed by atoms with Gasteiger partial charge >= 0.3 is 6.18 Å². The molecule has 1 atom stereocenters. The third-order valence-electron chi connectivity index (χ3n) is 4.68. The van der Waals surface area contributed by atoms with Crippen LogP contribution in [0.4, 0.5) is 24.5 Å². The Morgan fingerprint density at radius 1 is 1.17 bits per heavy atom. The zero-order chi connectivity index (χ0) is 21.7. The molecule has 1 amide bonds. The molecule has 162 valence electrons. The summed E-state index contributed by atoms with van der Waals surface area (Å²) in [7, 11) is 1.57. The van der Waals surface area contributed by atoms with Crippen LogP contribution in [0.5, 0.6) is 5.75 Å². The van der Waals surface area contributed by atoms with E-state index in [1.807, 2.05) is 17.0 Å². The Labute approximate surface area is 177 Å². The topological polar surface area (TPSA) is 50.8 Å². The van der Waals surface area contributed by atoms with Gasteiger partial charge in [0.15, 0.2) is 0 Å². The molecule has 5 nitrogen and oxygen atoms in total. The maximum Gasteiger partial charge on any atom is 0.416 e. The van der Waals surface area contributed by atoms with Crippen LogP contribution in [0, 0.1) is 0 Å². The van der Waals surface area contributed by atoms with Crippen LogP contribution in [-0.2, 0) is 15.7 Å². The van der Waals surface area contributed by atoms with E-state index in [4.69, 9.17) is 9.47 Å². The van der Waals surface area contributed by atoms with Crippen LogP contribution in [0.25, 0.3) is 0 Å². The molecule has 2 aromatic rings. The highest BCUT2D eigenvalue weighted by molar-refractivity contribution is 8.00. The number of carbonyl (C=O) groups is 1. The maximum atomic E-state index is 13.2. The van der Waals surface area contributed by atoms with Gasteiger partial charge in [0.1, 0.15) is 5.75 Å². The Balaban J connectivity index is 1.78. The van der Waals surface area contributed by atoms with Crippen LogP contribution >= 0.6 is 11.8 Å². The number of nitrogens with zero attached hydrogens (tertiary/aromatic N) is 1. The molecule has 2 aromatic carbocycles. The summed E-state index contributed by atoms with van der Waals surface area (Å²) >= 11 is 1.32. The highest BCUT2D eigenvalue weighted by Crippen LogP contribution is 2.36. The van der Waals surface area contributed by atoms with E-state index in [-0.39, 0.29) is 11.6 Å². The van der Waals surface area contributed by atoms with Crippen molar-refractivity contribution < 1.29 is 27.4 Å². The van der Waals surface area contributed by atoms with Gasteiger partial charge in [0, 0.05) is 18.0 Å². The van der Waals surface area contributed by atoms with Crippen LogP contribution in [0.15, 0.2) is 47.4 Å². The molecule has 0 bridgehead atoms. The first-order valence-corrected chi connectivity index (χ1v) is 10.3. The molecule has 1 aliphatic heterocycles. The Bertz CT molecular complexity index is 869. The highest BCUT2D eigenvalue weighted by Gasteiger charge is 2.32. The summed E-state index contributed by atoms with van der Waals surface area (Å²) in [4.78, 5) is 15.5. The van der Waals surface area contributed by atoms with Gasteiger partial charge < -0.3 is 19.7 Å². The molecule has 0 saturated carbocycles. The van der Waals surface area contributed by atoms with Gasteiger partial charge in [-0.15, -0.1) is 11.8 Å². The minimum Gasteiger partial charge on any atom is -0.497 e. The zero-order valence-electron chi connectivity index (χ0n) is 16.7. The number of rotatable bonds is 6. The van der Waals surface area contributed by atoms with Gasteiger partial charge in [-0.25, -0.2) is 0 Å². The molecule has 1 fully saturated rings. The van der Waals surface area contributed by atoms with Crippen molar-refractivity contribution in [3.63, 3.8) is 0 Å². The number of thioether (sulfide) groups is 1. The fourth-order valence-corrected chi connectivity index (χ4v) is 3.91. The minimum atomic E-state index is -4.49. The summed E-state index contributed by atoms with van der Waals surface area (Å²) in [5, 5.41) is 2.19. The molecule has 0 spiro atoms. The number of carbonyl (C=O) groups excluding carboxylic acids is 1. The number of benzene rings is 2. The van der Waals surface area contributed by atoms with Crippen molar-refractivity contribution in [2.24, 2.45) is 0 Å². The number of ether oxygens (including phenoxy) is 2. The summed E-state index contributed by atoms with van der Waals surface area (Å²) in [6, 6.07) is 10.7. The van der Waals surface area contributed by atoms with Crippen molar-refractivity contribution in [3.05, 3.63) is 48.0 Å². The van der Waals surface area contributed by atoms with Crippen molar-refractivity contribution in [3.8, 4) is 5.75 Å². The lowest BCUT2D eigenvalue weighted by atomic mass is 10.1. The second-order valence-electron chi connectivity index (χ2n) is 6.75. The summed E-state index contributed by atoms with van der Waals surface area (Å²) < 4.78 is 50.1. The molecule has 1 N–H and O–H groups in total. The Morgan fingerprint density at radius 3 is 2.43 bits per heavy atom. The third kappa shape index (κ3) is 5.60. The number of anilines is 2. The number of hydrogen-bond acceptors (Lipinski definition) is 5. The molecule has 1 aliphatic rings. The average Bonchev–Trinajstić information content (AvgIpc) is 2.74. The molecule has 0 unspecified atom stereocenters. The van der Waals surface area contributed by atoms with E-state index in [0.717, 1.165) is 17.0 Å². The first-order valence-electron chi connectivity index (χ1n) is 9.43. The van der Waals surface area contributed by atoms with E-state index in [1.165, 1.54) is 17.8 Å². The number of alkyl halides is 3. The molecule has 9 heteroatoms. The number of amides is 1. The Morgan fingerprint density at radius 2 is 1.83 bits per heavy atom. The van der Waals surface area contributed by atoms with Crippen LogP contribution in [0.1, 0.15) is 12.5 Å². The van der Waals surface area contributed by atoms with Crippen molar-refractivity contribution >= 4 is 29.0 Å². The fourth-order valence-electron chi connectivity index (χ4n) is 3.04. The van der Waals surface area contributed by atoms with Crippen LogP contribution in [-0.4, -0.2) is 44.6 Å². The molecular weight excluding hydrogens is 417 g/mol. The number of halogens is 3. The average molecular weight is 440 g/mol. The molecule has 0 radical (unpaired) electrons. The van der Waals surface area contributed by atoms with E-state index >= 15 is 0 Å². The smallest absolute Gasteiger partial charge is 0.416 e. The van der Waals surface area contributed by atoms with E-state index in [0.29, 0.717) is 37.7 Å². The minimum absolute atomic E-state index is 0.152. The molecular formula is C21H23F3N2O3S. The number of nitrogens with one attached hydrogen (secondary N) is 1. The van der Waals surface area contributed by atoms with Crippen LogP contribution in [0.2, 0.25) is 0 Å². The largest absolute Gasteiger partial charge is 0.497 e. The van der Waals surface area contributed by atoms with Gasteiger partial charge in [-0.2, -0.15) is 13.2 Å². The van der Waals surface area contributed by atoms with Crippen LogP contribution < -0.4 is 15.0 Å². The first-order chi connectivity index (χ1) is 14.3. The predicted octanol–water partition coefficient (Wildman–Crippen LogP) is 4.67. The second kappa shape index (κ2) is 9.61. The molecule has 0 aliphatic carbocycles. The van der Waals surface area contributed by atoms with E-state index in [1.54, 1.807) is 26.2 Å². The van der Waals surface area contributed by atoms with Crippen molar-refractivity contribution in [1.29, 1.82) is 0 Å². The van der Waals surface area contributed by atoms with Crippen molar-refractivity contribution in [1.82, 2.24) is 0 Å². The quantitative estimate of drug-likeness (QED) is 0.662. The summed E-state index contributed by atoms with van der Waals surface area (Å²) in [5.41, 5.74) is -0.0922. The fraction of sp³-hybridized carbons (Fsp3) is 0.381. The first kappa shape index (κ1) is 22.3. The molecule has 1 heterocycles. The SMILES string of the molecule is COc1ccc(S[C@H](C)C(=O)Nc2cc(C(F)(F)F)ccc2N2CCOCC2)cc1. The Hall–Kier alpha value is -2.39. The highest BCUT2D eigenvalue weighted by atomic mass is 32.2. The third-order valence-corrected chi connectivity index (χ3v) is 5.79. The van der Waals surface area contributed by atoms with Gasteiger partial charge in [0.05, 0.1) is 42.5 Å².